The number of halogens is 1. The number of ether oxygens (including phenoxy) is 1. The van der Waals surface area contributed by atoms with Crippen molar-refractivity contribution in [3.8, 4) is 0 Å². The van der Waals surface area contributed by atoms with E-state index >= 15 is 0 Å². The normalized spacial score (nSPS) is 13.4. The van der Waals surface area contributed by atoms with Crippen LogP contribution >= 0.6 is 0 Å². The van der Waals surface area contributed by atoms with Gasteiger partial charge in [0, 0.05) is 25.3 Å². The third-order valence-electron chi connectivity index (χ3n) is 3.04. The van der Waals surface area contributed by atoms with Crippen LogP contribution in [0.3, 0.4) is 0 Å². The van der Waals surface area contributed by atoms with Crippen molar-refractivity contribution in [3.63, 3.8) is 0 Å². The molecular formula is C14H23FN2O3S. The molecule has 7 heteroatoms. The highest BCUT2D eigenvalue weighted by Gasteiger charge is 2.20. The molecule has 0 fully saturated rings. The maximum absolute atomic E-state index is 13.9. The lowest BCUT2D eigenvalue weighted by molar-refractivity contribution is 0.0799. The average Bonchev–Trinajstić information content (AvgIpc) is 2.41. The van der Waals surface area contributed by atoms with Crippen LogP contribution in [0.5, 0.6) is 0 Å². The van der Waals surface area contributed by atoms with Crippen molar-refractivity contribution in [1.82, 2.24) is 10.0 Å². The standard InChI is InChI=1S/C14H23FN2O3S/c1-5-20-10(2)8-17-21(18,19)14-7-12(9-16-4)6-13(15)11(14)3/h6-7,10,16-17H,5,8-9H2,1-4H3. The van der Waals surface area contributed by atoms with Crippen LogP contribution in [0.4, 0.5) is 4.39 Å². The van der Waals surface area contributed by atoms with Crippen molar-refractivity contribution in [2.45, 2.75) is 38.3 Å². The molecule has 1 rings (SSSR count). The van der Waals surface area contributed by atoms with Crippen LogP contribution in [-0.2, 0) is 21.3 Å². The van der Waals surface area contributed by atoms with E-state index in [1.165, 1.54) is 19.1 Å². The van der Waals surface area contributed by atoms with E-state index in [2.05, 4.69) is 10.0 Å². The Morgan fingerprint density at radius 3 is 2.62 bits per heavy atom. The summed E-state index contributed by atoms with van der Waals surface area (Å²) >= 11 is 0. The summed E-state index contributed by atoms with van der Waals surface area (Å²) in [6.45, 7) is 6.12. The van der Waals surface area contributed by atoms with Crippen molar-refractivity contribution in [2.75, 3.05) is 20.2 Å². The van der Waals surface area contributed by atoms with Crippen molar-refractivity contribution in [2.24, 2.45) is 0 Å². The van der Waals surface area contributed by atoms with Gasteiger partial charge in [-0.25, -0.2) is 17.5 Å². The summed E-state index contributed by atoms with van der Waals surface area (Å²) in [5.74, 6) is -0.527. The zero-order valence-corrected chi connectivity index (χ0v) is 13.7. The molecule has 0 saturated carbocycles. The fourth-order valence-electron chi connectivity index (χ4n) is 1.94. The minimum Gasteiger partial charge on any atom is -0.377 e. The number of sulfonamides is 1. The van der Waals surface area contributed by atoms with Gasteiger partial charge in [0.2, 0.25) is 10.0 Å². The Hall–Kier alpha value is -1.02. The summed E-state index contributed by atoms with van der Waals surface area (Å²) in [6.07, 6.45) is -0.240. The molecule has 1 unspecified atom stereocenters. The smallest absolute Gasteiger partial charge is 0.241 e. The first-order valence-corrected chi connectivity index (χ1v) is 8.35. The summed E-state index contributed by atoms with van der Waals surface area (Å²) in [5.41, 5.74) is 0.699. The quantitative estimate of drug-likeness (QED) is 0.763. The molecule has 120 valence electrons. The number of benzene rings is 1. The molecule has 2 N–H and O–H groups in total. The number of hydrogen-bond donors (Lipinski definition) is 2. The molecule has 0 bridgehead atoms. The van der Waals surface area contributed by atoms with Crippen molar-refractivity contribution in [3.05, 3.63) is 29.1 Å². The monoisotopic (exact) mass is 318 g/mol. The van der Waals surface area contributed by atoms with Crippen molar-refractivity contribution in [1.29, 1.82) is 0 Å². The second-order valence-electron chi connectivity index (χ2n) is 4.85. The van der Waals surface area contributed by atoms with Gasteiger partial charge in [-0.05, 0) is 45.5 Å². The molecule has 0 aliphatic carbocycles. The molecule has 0 aliphatic rings. The molecule has 1 aromatic rings. The highest BCUT2D eigenvalue weighted by molar-refractivity contribution is 7.89. The lowest BCUT2D eigenvalue weighted by atomic mass is 10.1. The molecule has 0 heterocycles. The van der Waals surface area contributed by atoms with E-state index in [4.69, 9.17) is 4.74 Å². The Kier molecular flexibility index (Phi) is 6.73. The van der Waals surface area contributed by atoms with Crippen molar-refractivity contribution < 1.29 is 17.5 Å². The summed E-state index contributed by atoms with van der Waals surface area (Å²) in [5, 5.41) is 2.87. The first-order chi connectivity index (χ1) is 9.81. The third-order valence-corrected chi connectivity index (χ3v) is 4.59. The van der Waals surface area contributed by atoms with E-state index < -0.39 is 15.8 Å². The van der Waals surface area contributed by atoms with Crippen LogP contribution in [-0.4, -0.2) is 34.7 Å². The van der Waals surface area contributed by atoms with Gasteiger partial charge in [-0.2, -0.15) is 0 Å². The Bertz CT molecular complexity index is 576. The molecule has 21 heavy (non-hydrogen) atoms. The van der Waals surface area contributed by atoms with Gasteiger partial charge in [0.05, 0.1) is 11.0 Å². The number of rotatable bonds is 8. The molecule has 0 saturated heterocycles. The lowest BCUT2D eigenvalue weighted by Crippen LogP contribution is -2.32. The van der Waals surface area contributed by atoms with E-state index in [9.17, 15) is 12.8 Å². The van der Waals surface area contributed by atoms with E-state index in [-0.39, 0.29) is 23.1 Å². The van der Waals surface area contributed by atoms with Gasteiger partial charge in [0.1, 0.15) is 5.82 Å². The Morgan fingerprint density at radius 2 is 2.05 bits per heavy atom. The molecule has 0 amide bonds. The minimum absolute atomic E-state index is 0.0311. The SMILES string of the molecule is CCOC(C)CNS(=O)(=O)c1cc(CNC)cc(F)c1C. The summed E-state index contributed by atoms with van der Waals surface area (Å²) in [7, 11) is -2.05. The van der Waals surface area contributed by atoms with Crippen molar-refractivity contribution >= 4 is 10.0 Å². The molecule has 0 aromatic heterocycles. The van der Waals surface area contributed by atoms with Crippen LogP contribution in [0.15, 0.2) is 17.0 Å². The van der Waals surface area contributed by atoms with Gasteiger partial charge < -0.3 is 10.1 Å². The highest BCUT2D eigenvalue weighted by atomic mass is 32.2. The Labute approximate surface area is 125 Å². The van der Waals surface area contributed by atoms with Crippen LogP contribution in [0, 0.1) is 12.7 Å². The van der Waals surface area contributed by atoms with Gasteiger partial charge in [-0.3, -0.25) is 0 Å². The first-order valence-electron chi connectivity index (χ1n) is 6.86. The largest absolute Gasteiger partial charge is 0.377 e. The van der Waals surface area contributed by atoms with E-state index in [0.717, 1.165) is 0 Å². The fourth-order valence-corrected chi connectivity index (χ4v) is 3.36. The minimum atomic E-state index is -3.77. The summed E-state index contributed by atoms with van der Waals surface area (Å²) < 4.78 is 46.2. The first kappa shape index (κ1) is 18.0. The molecule has 0 aliphatic heterocycles. The Morgan fingerprint density at radius 1 is 1.38 bits per heavy atom. The Balaban J connectivity index is 3.01. The zero-order chi connectivity index (χ0) is 16.0. The average molecular weight is 318 g/mol. The maximum Gasteiger partial charge on any atom is 0.241 e. The maximum atomic E-state index is 13.9. The molecule has 0 spiro atoms. The van der Waals surface area contributed by atoms with Gasteiger partial charge >= 0.3 is 0 Å². The molecule has 1 atom stereocenters. The predicted molar refractivity (Wildman–Crippen MR) is 80.2 cm³/mol. The van der Waals surface area contributed by atoms with E-state index in [1.807, 2.05) is 6.92 Å². The van der Waals surface area contributed by atoms with Gasteiger partial charge in [-0.1, -0.05) is 0 Å². The van der Waals surface area contributed by atoms with Crippen LogP contribution in [0.25, 0.3) is 0 Å². The second-order valence-corrected chi connectivity index (χ2v) is 6.58. The van der Waals surface area contributed by atoms with Gasteiger partial charge in [0.15, 0.2) is 0 Å². The highest BCUT2D eigenvalue weighted by Crippen LogP contribution is 2.20. The molecule has 5 nitrogen and oxygen atoms in total. The fraction of sp³-hybridized carbons (Fsp3) is 0.571. The zero-order valence-electron chi connectivity index (χ0n) is 12.9. The van der Waals surface area contributed by atoms with Gasteiger partial charge in [-0.15, -0.1) is 0 Å². The summed E-state index contributed by atoms with van der Waals surface area (Å²) in [4.78, 5) is -0.0311. The van der Waals surface area contributed by atoms with Crippen LogP contribution in [0.2, 0.25) is 0 Å². The van der Waals surface area contributed by atoms with E-state index in [1.54, 1.807) is 14.0 Å². The number of hydrogen-bond acceptors (Lipinski definition) is 4. The van der Waals surface area contributed by atoms with Crippen LogP contribution < -0.4 is 10.0 Å². The number of nitrogens with one attached hydrogen (secondary N) is 2. The topological polar surface area (TPSA) is 67.4 Å². The summed E-state index contributed by atoms with van der Waals surface area (Å²) in [6, 6.07) is 2.83. The van der Waals surface area contributed by atoms with E-state index in [0.29, 0.717) is 18.7 Å². The third kappa shape index (κ3) is 5.03. The molecule has 0 radical (unpaired) electrons. The molecule has 1 aromatic carbocycles. The lowest BCUT2D eigenvalue weighted by Gasteiger charge is -2.15. The van der Waals surface area contributed by atoms with Crippen LogP contribution in [0.1, 0.15) is 25.0 Å². The molecular weight excluding hydrogens is 295 g/mol. The van der Waals surface area contributed by atoms with Gasteiger partial charge in [0.25, 0.3) is 0 Å². The second kappa shape index (κ2) is 7.84. The predicted octanol–water partition coefficient (Wildman–Crippen LogP) is 1.56.